The van der Waals surface area contributed by atoms with Crippen molar-refractivity contribution in [3.05, 3.63) is 26.6 Å². The number of carboxylic acid groups (broad SMARTS) is 1. The van der Waals surface area contributed by atoms with Crippen molar-refractivity contribution in [2.45, 2.75) is 19.8 Å². The number of aryl methyl sites for hydroxylation is 1. The SMILES string of the molecule is Cc1cc(Br)c(NC(=O)NC(=O)CCC(=O)O)c(Br)c1. The van der Waals surface area contributed by atoms with Crippen molar-refractivity contribution in [3.8, 4) is 0 Å². The second-order valence-corrected chi connectivity index (χ2v) is 5.71. The van der Waals surface area contributed by atoms with Crippen LogP contribution in [0.4, 0.5) is 10.5 Å². The van der Waals surface area contributed by atoms with E-state index in [-0.39, 0.29) is 12.8 Å². The number of carbonyl (C=O) groups excluding carboxylic acids is 2. The number of hydrogen-bond acceptors (Lipinski definition) is 3. The van der Waals surface area contributed by atoms with E-state index in [1.807, 2.05) is 19.1 Å². The van der Waals surface area contributed by atoms with Crippen molar-refractivity contribution in [1.29, 1.82) is 0 Å². The molecular weight excluding hydrogens is 396 g/mol. The van der Waals surface area contributed by atoms with Crippen molar-refractivity contribution < 1.29 is 19.5 Å². The number of carboxylic acids is 1. The highest BCUT2D eigenvalue weighted by Crippen LogP contribution is 2.32. The fourth-order valence-corrected chi connectivity index (χ4v) is 2.99. The lowest BCUT2D eigenvalue weighted by molar-refractivity contribution is -0.138. The number of anilines is 1. The van der Waals surface area contributed by atoms with E-state index in [9.17, 15) is 14.4 Å². The molecule has 3 N–H and O–H groups in total. The number of benzene rings is 1. The van der Waals surface area contributed by atoms with E-state index >= 15 is 0 Å². The number of hydrogen-bond donors (Lipinski definition) is 3. The average Bonchev–Trinajstić information content (AvgIpc) is 2.31. The van der Waals surface area contributed by atoms with Gasteiger partial charge in [0, 0.05) is 15.4 Å². The lowest BCUT2D eigenvalue weighted by Gasteiger charge is -2.11. The Balaban J connectivity index is 2.63. The molecule has 1 rings (SSSR count). The number of aliphatic carboxylic acids is 1. The molecule has 1 aromatic rings. The van der Waals surface area contributed by atoms with Gasteiger partial charge in [0.25, 0.3) is 0 Å². The third-order valence-corrected chi connectivity index (χ3v) is 3.49. The molecule has 0 aliphatic heterocycles. The first-order valence-electron chi connectivity index (χ1n) is 5.58. The van der Waals surface area contributed by atoms with Crippen LogP contribution in [-0.2, 0) is 9.59 Å². The van der Waals surface area contributed by atoms with Crippen molar-refractivity contribution in [1.82, 2.24) is 5.32 Å². The minimum Gasteiger partial charge on any atom is -0.481 e. The molecule has 0 spiro atoms. The Kier molecular flexibility index (Phi) is 6.15. The lowest BCUT2D eigenvalue weighted by Crippen LogP contribution is -2.34. The molecule has 0 heterocycles. The molecule has 0 saturated carbocycles. The van der Waals surface area contributed by atoms with E-state index in [2.05, 4.69) is 42.5 Å². The van der Waals surface area contributed by atoms with Gasteiger partial charge in [-0.15, -0.1) is 0 Å². The van der Waals surface area contributed by atoms with Gasteiger partial charge in [-0.25, -0.2) is 4.79 Å². The molecule has 0 aliphatic rings. The first kappa shape index (κ1) is 16.6. The molecule has 3 amide bonds. The monoisotopic (exact) mass is 406 g/mol. The van der Waals surface area contributed by atoms with E-state index in [1.54, 1.807) is 0 Å². The number of nitrogens with one attached hydrogen (secondary N) is 2. The summed E-state index contributed by atoms with van der Waals surface area (Å²) in [6.45, 7) is 1.90. The average molecular weight is 408 g/mol. The maximum Gasteiger partial charge on any atom is 0.325 e. The molecule has 0 fully saturated rings. The highest BCUT2D eigenvalue weighted by atomic mass is 79.9. The van der Waals surface area contributed by atoms with Crippen LogP contribution in [0.15, 0.2) is 21.1 Å². The molecular formula is C12H12Br2N2O4. The van der Waals surface area contributed by atoms with Crippen molar-refractivity contribution in [3.63, 3.8) is 0 Å². The van der Waals surface area contributed by atoms with E-state index in [0.29, 0.717) is 14.6 Å². The predicted molar refractivity (Wildman–Crippen MR) is 80.6 cm³/mol. The van der Waals surface area contributed by atoms with Crippen LogP contribution in [0.5, 0.6) is 0 Å². The number of amides is 3. The fourth-order valence-electron chi connectivity index (χ4n) is 1.37. The molecule has 0 unspecified atom stereocenters. The maximum absolute atomic E-state index is 11.6. The van der Waals surface area contributed by atoms with Gasteiger partial charge in [0.1, 0.15) is 0 Å². The van der Waals surface area contributed by atoms with Crippen LogP contribution in [0.1, 0.15) is 18.4 Å². The standard InChI is InChI=1S/C12H12Br2N2O4/c1-6-4-7(13)11(8(14)5-6)16-12(20)15-9(17)2-3-10(18)19/h4-5H,2-3H2,1H3,(H,18,19)(H2,15,16,17,20). The third-order valence-electron chi connectivity index (χ3n) is 2.24. The van der Waals surface area contributed by atoms with E-state index in [0.717, 1.165) is 5.56 Å². The molecule has 20 heavy (non-hydrogen) atoms. The molecule has 8 heteroatoms. The Bertz CT molecular complexity index is 537. The van der Waals surface area contributed by atoms with Crippen molar-refractivity contribution >= 4 is 55.5 Å². The molecule has 0 atom stereocenters. The Morgan fingerprint density at radius 3 is 2.20 bits per heavy atom. The zero-order valence-electron chi connectivity index (χ0n) is 10.5. The zero-order chi connectivity index (χ0) is 15.3. The Hall–Kier alpha value is -1.41. The molecule has 0 saturated heterocycles. The Morgan fingerprint density at radius 2 is 1.70 bits per heavy atom. The van der Waals surface area contributed by atoms with Gasteiger partial charge in [-0.1, -0.05) is 0 Å². The highest BCUT2D eigenvalue weighted by molar-refractivity contribution is 9.11. The second-order valence-electron chi connectivity index (χ2n) is 4.00. The highest BCUT2D eigenvalue weighted by Gasteiger charge is 2.13. The van der Waals surface area contributed by atoms with Crippen molar-refractivity contribution in [2.75, 3.05) is 5.32 Å². The summed E-state index contributed by atoms with van der Waals surface area (Å²) in [6, 6.07) is 2.91. The second kappa shape index (κ2) is 7.39. The van der Waals surface area contributed by atoms with Crippen LogP contribution in [0.3, 0.4) is 0 Å². The summed E-state index contributed by atoms with van der Waals surface area (Å²) in [7, 11) is 0. The van der Waals surface area contributed by atoms with Gasteiger partial charge < -0.3 is 10.4 Å². The smallest absolute Gasteiger partial charge is 0.325 e. The quantitative estimate of drug-likeness (QED) is 0.714. The summed E-state index contributed by atoms with van der Waals surface area (Å²) >= 11 is 6.61. The summed E-state index contributed by atoms with van der Waals surface area (Å²) < 4.78 is 1.33. The number of imide groups is 1. The van der Waals surface area contributed by atoms with E-state index in [4.69, 9.17) is 5.11 Å². The molecule has 0 radical (unpaired) electrons. The number of carbonyl (C=O) groups is 3. The topological polar surface area (TPSA) is 95.5 Å². The van der Waals surface area contributed by atoms with Crippen LogP contribution in [-0.4, -0.2) is 23.0 Å². The van der Waals surface area contributed by atoms with Crippen LogP contribution < -0.4 is 10.6 Å². The third kappa shape index (κ3) is 5.30. The molecule has 0 bridgehead atoms. The minimum atomic E-state index is -1.09. The maximum atomic E-state index is 11.6. The van der Waals surface area contributed by atoms with Crippen LogP contribution in [0.2, 0.25) is 0 Å². The molecule has 108 valence electrons. The summed E-state index contributed by atoms with van der Waals surface area (Å²) in [5.41, 5.74) is 1.48. The van der Waals surface area contributed by atoms with Gasteiger partial charge in [-0.3, -0.25) is 14.9 Å². The van der Waals surface area contributed by atoms with Gasteiger partial charge in [0.2, 0.25) is 5.91 Å². The van der Waals surface area contributed by atoms with Gasteiger partial charge in [0.05, 0.1) is 12.1 Å². The Labute approximate surface area is 132 Å². The number of rotatable bonds is 4. The lowest BCUT2D eigenvalue weighted by atomic mass is 10.2. The van der Waals surface area contributed by atoms with Gasteiger partial charge in [-0.2, -0.15) is 0 Å². The molecule has 0 aliphatic carbocycles. The van der Waals surface area contributed by atoms with E-state index < -0.39 is 17.9 Å². The summed E-state index contributed by atoms with van der Waals surface area (Å²) in [5, 5.41) is 13.0. The Morgan fingerprint density at radius 1 is 1.15 bits per heavy atom. The normalized spacial score (nSPS) is 9.95. The summed E-state index contributed by atoms with van der Waals surface area (Å²) in [5.74, 6) is -1.74. The number of halogens is 2. The van der Waals surface area contributed by atoms with Crippen LogP contribution >= 0.6 is 31.9 Å². The first-order valence-corrected chi connectivity index (χ1v) is 7.16. The van der Waals surface area contributed by atoms with Crippen LogP contribution in [0.25, 0.3) is 0 Å². The fraction of sp³-hybridized carbons (Fsp3) is 0.250. The summed E-state index contributed by atoms with van der Waals surface area (Å²) in [4.78, 5) is 33.2. The van der Waals surface area contributed by atoms with Crippen LogP contribution in [0, 0.1) is 6.92 Å². The zero-order valence-corrected chi connectivity index (χ0v) is 13.7. The largest absolute Gasteiger partial charge is 0.481 e. The predicted octanol–water partition coefficient (Wildman–Crippen LogP) is 3.03. The molecule has 6 nitrogen and oxygen atoms in total. The summed E-state index contributed by atoms with van der Waals surface area (Å²) in [6.07, 6.45) is -0.573. The molecule has 1 aromatic carbocycles. The first-order chi connectivity index (χ1) is 9.29. The van der Waals surface area contributed by atoms with Gasteiger partial charge >= 0.3 is 12.0 Å². The van der Waals surface area contributed by atoms with Crippen molar-refractivity contribution in [2.24, 2.45) is 0 Å². The van der Waals surface area contributed by atoms with E-state index in [1.165, 1.54) is 0 Å². The van der Waals surface area contributed by atoms with Gasteiger partial charge in [-0.05, 0) is 56.5 Å². The molecule has 0 aromatic heterocycles. The minimum absolute atomic E-state index is 0.251. The van der Waals surface area contributed by atoms with Gasteiger partial charge in [0.15, 0.2) is 0 Å². The number of urea groups is 1.